The Hall–Kier alpha value is -0.900. The van der Waals surface area contributed by atoms with E-state index in [-0.39, 0.29) is 18.3 Å². The minimum absolute atomic E-state index is 0.0211. The topological polar surface area (TPSA) is 46.6 Å². The molecular weight excluding hydrogens is 170 g/mol. The molecule has 0 N–H and O–H groups in total. The van der Waals surface area contributed by atoms with Crippen LogP contribution in [0.25, 0.3) is 0 Å². The molecule has 0 aliphatic carbocycles. The largest absolute Gasteiger partial charge is 0.372 e. The molecule has 1 fully saturated rings. The number of hydrogen-bond donors (Lipinski definition) is 0. The van der Waals surface area contributed by atoms with Gasteiger partial charge >= 0.3 is 0 Å². The predicted molar refractivity (Wildman–Crippen MR) is 47.3 cm³/mol. The van der Waals surface area contributed by atoms with Gasteiger partial charge in [-0.2, -0.15) is 0 Å². The van der Waals surface area contributed by atoms with Crippen molar-refractivity contribution in [3.05, 3.63) is 0 Å². The van der Waals surface area contributed by atoms with Crippen molar-refractivity contribution >= 4 is 11.7 Å². The third-order valence-corrected chi connectivity index (χ3v) is 1.98. The highest BCUT2D eigenvalue weighted by molar-refractivity contribution is 5.78. The van der Waals surface area contributed by atoms with E-state index in [2.05, 4.69) is 0 Å². The van der Waals surface area contributed by atoms with Crippen molar-refractivity contribution < 1.29 is 14.3 Å². The number of nitrogens with zero attached hydrogens (tertiary/aromatic N) is 1. The first-order valence-corrected chi connectivity index (χ1v) is 4.55. The van der Waals surface area contributed by atoms with Crippen molar-refractivity contribution in [2.24, 2.45) is 0 Å². The van der Waals surface area contributed by atoms with Crippen molar-refractivity contribution in [1.82, 2.24) is 4.90 Å². The monoisotopic (exact) mass is 185 g/mol. The molecule has 1 aliphatic rings. The maximum Gasteiger partial charge on any atom is 0.222 e. The van der Waals surface area contributed by atoms with Crippen LogP contribution in [0.2, 0.25) is 0 Å². The lowest BCUT2D eigenvalue weighted by atomic mass is 10.4. The molecule has 1 aliphatic heterocycles. The van der Waals surface area contributed by atoms with E-state index in [0.717, 1.165) is 13.0 Å². The van der Waals surface area contributed by atoms with E-state index < -0.39 is 0 Å². The quantitative estimate of drug-likeness (QED) is 0.575. The van der Waals surface area contributed by atoms with Gasteiger partial charge in [0, 0.05) is 19.5 Å². The molecule has 0 spiro atoms. The van der Waals surface area contributed by atoms with Crippen LogP contribution in [0.5, 0.6) is 0 Å². The summed E-state index contributed by atoms with van der Waals surface area (Å²) in [6.45, 7) is 3.56. The van der Waals surface area contributed by atoms with Crippen molar-refractivity contribution in [3.8, 4) is 0 Å². The number of carbonyl (C=O) groups excluding carboxylic acids is 2. The maximum absolute atomic E-state index is 11.1. The zero-order chi connectivity index (χ0) is 9.68. The average molecular weight is 185 g/mol. The van der Waals surface area contributed by atoms with Crippen LogP contribution in [0.3, 0.4) is 0 Å². The Morgan fingerprint density at radius 3 is 2.92 bits per heavy atom. The van der Waals surface area contributed by atoms with Crippen LogP contribution in [0.4, 0.5) is 0 Å². The van der Waals surface area contributed by atoms with Gasteiger partial charge in [-0.15, -0.1) is 0 Å². The SMILES string of the molecule is CC(=O)COCCN1CCCC1=O. The summed E-state index contributed by atoms with van der Waals surface area (Å²) in [5, 5.41) is 0. The molecule has 0 radical (unpaired) electrons. The second kappa shape index (κ2) is 4.97. The fraction of sp³-hybridized carbons (Fsp3) is 0.778. The minimum atomic E-state index is 0.0211. The van der Waals surface area contributed by atoms with Gasteiger partial charge in [-0.1, -0.05) is 0 Å². The molecule has 1 rings (SSSR count). The smallest absolute Gasteiger partial charge is 0.222 e. The summed E-state index contributed by atoms with van der Waals surface area (Å²) in [6.07, 6.45) is 1.61. The zero-order valence-electron chi connectivity index (χ0n) is 7.91. The molecular formula is C9H15NO3. The number of likely N-dealkylation sites (tertiary alicyclic amines) is 1. The standard InChI is InChI=1S/C9H15NO3/c1-8(11)7-13-6-5-10-4-2-3-9(10)12/h2-7H2,1H3. The highest BCUT2D eigenvalue weighted by Crippen LogP contribution is 2.08. The Balaban J connectivity index is 2.05. The number of ketones is 1. The van der Waals surface area contributed by atoms with Crippen LogP contribution in [-0.2, 0) is 14.3 Å². The Morgan fingerprint density at radius 2 is 2.38 bits per heavy atom. The lowest BCUT2D eigenvalue weighted by molar-refractivity contribution is -0.128. The summed E-state index contributed by atoms with van der Waals surface area (Å²) in [5.74, 6) is 0.221. The number of amides is 1. The van der Waals surface area contributed by atoms with Crippen molar-refractivity contribution in [3.63, 3.8) is 0 Å². The molecule has 0 unspecified atom stereocenters. The summed E-state index contributed by atoms with van der Waals surface area (Å²) in [6, 6.07) is 0. The number of rotatable bonds is 5. The fourth-order valence-electron chi connectivity index (χ4n) is 1.33. The first-order valence-electron chi connectivity index (χ1n) is 4.55. The van der Waals surface area contributed by atoms with Crippen LogP contribution in [0.15, 0.2) is 0 Å². The van der Waals surface area contributed by atoms with E-state index in [1.807, 2.05) is 0 Å². The zero-order valence-corrected chi connectivity index (χ0v) is 7.91. The first kappa shape index (κ1) is 10.2. The molecule has 0 saturated carbocycles. The third kappa shape index (κ3) is 3.55. The summed E-state index contributed by atoms with van der Waals surface area (Å²) in [4.78, 5) is 23.4. The van der Waals surface area contributed by atoms with Crippen molar-refractivity contribution in [1.29, 1.82) is 0 Å². The van der Waals surface area contributed by atoms with E-state index in [1.54, 1.807) is 4.90 Å². The van der Waals surface area contributed by atoms with Gasteiger partial charge in [-0.05, 0) is 13.3 Å². The molecule has 0 atom stereocenters. The van der Waals surface area contributed by atoms with Gasteiger partial charge in [0.15, 0.2) is 5.78 Å². The summed E-state index contributed by atoms with van der Waals surface area (Å²) in [7, 11) is 0. The maximum atomic E-state index is 11.1. The highest BCUT2D eigenvalue weighted by atomic mass is 16.5. The van der Waals surface area contributed by atoms with Gasteiger partial charge in [-0.25, -0.2) is 0 Å². The van der Waals surface area contributed by atoms with Gasteiger partial charge in [-0.3, -0.25) is 9.59 Å². The molecule has 1 amide bonds. The normalized spacial score (nSPS) is 16.7. The Kier molecular flexibility index (Phi) is 3.89. The first-order chi connectivity index (χ1) is 6.20. The Bertz CT molecular complexity index is 203. The second-order valence-corrected chi connectivity index (χ2v) is 3.24. The number of Topliss-reactive ketones (excluding diaryl/α,β-unsaturated/α-hetero) is 1. The Morgan fingerprint density at radius 1 is 1.62 bits per heavy atom. The summed E-state index contributed by atoms with van der Waals surface area (Å²) in [5.41, 5.74) is 0. The van der Waals surface area contributed by atoms with Crippen molar-refractivity contribution in [2.75, 3.05) is 26.3 Å². The lowest BCUT2D eigenvalue weighted by Gasteiger charge is -2.14. The van der Waals surface area contributed by atoms with Crippen molar-refractivity contribution in [2.45, 2.75) is 19.8 Å². The lowest BCUT2D eigenvalue weighted by Crippen LogP contribution is -2.28. The summed E-state index contributed by atoms with van der Waals surface area (Å²) >= 11 is 0. The van der Waals surface area contributed by atoms with Crippen LogP contribution in [0, 0.1) is 0 Å². The number of carbonyl (C=O) groups is 2. The van der Waals surface area contributed by atoms with Gasteiger partial charge in [0.05, 0.1) is 6.61 Å². The average Bonchev–Trinajstić information content (AvgIpc) is 2.45. The molecule has 0 bridgehead atoms. The minimum Gasteiger partial charge on any atom is -0.372 e. The van der Waals surface area contributed by atoms with E-state index in [0.29, 0.717) is 19.6 Å². The van der Waals surface area contributed by atoms with E-state index >= 15 is 0 Å². The number of hydrogen-bond acceptors (Lipinski definition) is 3. The molecule has 4 heteroatoms. The van der Waals surface area contributed by atoms with Gasteiger partial charge in [0.1, 0.15) is 6.61 Å². The highest BCUT2D eigenvalue weighted by Gasteiger charge is 2.19. The van der Waals surface area contributed by atoms with E-state index in [1.165, 1.54) is 6.92 Å². The van der Waals surface area contributed by atoms with Crippen LogP contribution >= 0.6 is 0 Å². The predicted octanol–water partition coefficient (Wildman–Crippen LogP) is 0.214. The van der Waals surface area contributed by atoms with Crippen LogP contribution < -0.4 is 0 Å². The molecule has 0 aromatic rings. The van der Waals surface area contributed by atoms with Gasteiger partial charge in [0.25, 0.3) is 0 Å². The van der Waals surface area contributed by atoms with Gasteiger partial charge in [0.2, 0.25) is 5.91 Å². The van der Waals surface area contributed by atoms with Crippen LogP contribution in [-0.4, -0.2) is 42.9 Å². The van der Waals surface area contributed by atoms with Crippen LogP contribution in [0.1, 0.15) is 19.8 Å². The second-order valence-electron chi connectivity index (χ2n) is 3.24. The molecule has 4 nitrogen and oxygen atoms in total. The Labute approximate surface area is 77.8 Å². The molecule has 1 heterocycles. The molecule has 0 aromatic carbocycles. The molecule has 1 saturated heterocycles. The molecule has 13 heavy (non-hydrogen) atoms. The van der Waals surface area contributed by atoms with Gasteiger partial charge < -0.3 is 9.64 Å². The van der Waals surface area contributed by atoms with E-state index in [9.17, 15) is 9.59 Å². The molecule has 0 aromatic heterocycles. The van der Waals surface area contributed by atoms with E-state index in [4.69, 9.17) is 4.74 Å². The number of ether oxygens (including phenoxy) is 1. The summed E-state index contributed by atoms with van der Waals surface area (Å²) < 4.78 is 5.06. The fourth-order valence-corrected chi connectivity index (χ4v) is 1.33. The third-order valence-electron chi connectivity index (χ3n) is 1.98. The molecule has 74 valence electrons.